The minimum absolute atomic E-state index is 0.00481. The molecule has 1 rings (SSSR count). The molecule has 1 amide bonds. The molecule has 1 unspecified atom stereocenters. The number of amides is 1. The van der Waals surface area contributed by atoms with Gasteiger partial charge in [-0.05, 0) is 13.3 Å². The summed E-state index contributed by atoms with van der Waals surface area (Å²) in [6.07, 6.45) is 0.353. The molecular formula is C8H11NO5. The molecule has 1 aliphatic heterocycles. The van der Waals surface area contributed by atoms with E-state index < -0.39 is 23.3 Å². The zero-order valence-corrected chi connectivity index (χ0v) is 7.69. The lowest BCUT2D eigenvalue weighted by atomic mass is 10.1. The van der Waals surface area contributed by atoms with Crippen molar-refractivity contribution in [2.75, 3.05) is 13.1 Å². The molecule has 78 valence electrons. The molecule has 1 aliphatic rings. The van der Waals surface area contributed by atoms with Crippen molar-refractivity contribution in [3.05, 3.63) is 0 Å². The Balaban J connectivity index is 2.65. The number of carbonyl (C=O) groups is 3. The summed E-state index contributed by atoms with van der Waals surface area (Å²) in [5, 5.41) is 17.8. The number of Topliss-reactive ketones (excluding diaryl/α,β-unsaturated/α-hetero) is 1. The molecular weight excluding hydrogens is 190 g/mol. The molecule has 0 spiro atoms. The first-order valence-electron chi connectivity index (χ1n) is 4.12. The summed E-state index contributed by atoms with van der Waals surface area (Å²) < 4.78 is 0. The molecule has 0 radical (unpaired) electrons. The molecule has 0 aliphatic carbocycles. The Kier molecular flexibility index (Phi) is 2.57. The van der Waals surface area contributed by atoms with Gasteiger partial charge in [-0.15, -0.1) is 0 Å². The zero-order valence-electron chi connectivity index (χ0n) is 7.69. The van der Waals surface area contributed by atoms with E-state index in [1.54, 1.807) is 0 Å². The van der Waals surface area contributed by atoms with Gasteiger partial charge >= 0.3 is 17.7 Å². The summed E-state index contributed by atoms with van der Waals surface area (Å²) in [5.74, 6) is -4.28. The van der Waals surface area contributed by atoms with E-state index in [0.29, 0.717) is 6.42 Å². The van der Waals surface area contributed by atoms with Gasteiger partial charge in [0.2, 0.25) is 0 Å². The third kappa shape index (κ3) is 2.08. The molecule has 1 saturated heterocycles. The maximum atomic E-state index is 11.2. The Morgan fingerprint density at radius 1 is 1.36 bits per heavy atom. The highest BCUT2D eigenvalue weighted by Gasteiger charge is 2.37. The van der Waals surface area contributed by atoms with Gasteiger partial charge in [0.1, 0.15) is 0 Å². The van der Waals surface area contributed by atoms with Crippen molar-refractivity contribution in [2.24, 2.45) is 0 Å². The summed E-state index contributed by atoms with van der Waals surface area (Å²) in [4.78, 5) is 33.2. The summed E-state index contributed by atoms with van der Waals surface area (Å²) in [6.45, 7) is 1.75. The molecule has 0 bridgehead atoms. The number of likely N-dealkylation sites (tertiary alicyclic amines) is 1. The normalized spacial score (nSPS) is 26.3. The molecule has 0 aromatic rings. The number of hydrogen-bond acceptors (Lipinski definition) is 4. The first-order chi connectivity index (χ1) is 6.33. The molecule has 0 aromatic heterocycles. The van der Waals surface area contributed by atoms with Gasteiger partial charge in [0, 0.05) is 13.1 Å². The van der Waals surface area contributed by atoms with E-state index in [1.807, 2.05) is 0 Å². The van der Waals surface area contributed by atoms with Crippen LogP contribution >= 0.6 is 0 Å². The number of ketones is 1. The van der Waals surface area contributed by atoms with E-state index >= 15 is 0 Å². The quantitative estimate of drug-likeness (QED) is 0.424. The van der Waals surface area contributed by atoms with Gasteiger partial charge in [0.05, 0.1) is 5.60 Å². The second kappa shape index (κ2) is 3.38. The van der Waals surface area contributed by atoms with Gasteiger partial charge < -0.3 is 15.1 Å². The monoisotopic (exact) mass is 201 g/mol. The number of carbonyl (C=O) groups excluding carboxylic acids is 2. The molecule has 6 nitrogen and oxygen atoms in total. The Labute approximate surface area is 80.1 Å². The van der Waals surface area contributed by atoms with Crippen LogP contribution < -0.4 is 0 Å². The average molecular weight is 201 g/mol. The van der Waals surface area contributed by atoms with Gasteiger partial charge in [-0.2, -0.15) is 0 Å². The highest BCUT2D eigenvalue weighted by Crippen LogP contribution is 2.20. The highest BCUT2D eigenvalue weighted by atomic mass is 16.4. The minimum Gasteiger partial charge on any atom is -0.475 e. The van der Waals surface area contributed by atoms with Crippen molar-refractivity contribution in [1.82, 2.24) is 4.90 Å². The standard InChI is InChI=1S/C8H11NO5/c1-8(14)2-3-9(4-8)6(11)5(10)7(12)13/h14H,2-4H2,1H3,(H,12,13). The van der Waals surface area contributed by atoms with Crippen LogP contribution in [0.3, 0.4) is 0 Å². The maximum Gasteiger partial charge on any atom is 0.382 e. The van der Waals surface area contributed by atoms with Gasteiger partial charge in [-0.25, -0.2) is 4.79 Å². The van der Waals surface area contributed by atoms with Crippen molar-refractivity contribution < 1.29 is 24.6 Å². The molecule has 14 heavy (non-hydrogen) atoms. The lowest BCUT2D eigenvalue weighted by molar-refractivity contribution is -0.156. The van der Waals surface area contributed by atoms with Crippen molar-refractivity contribution in [1.29, 1.82) is 0 Å². The van der Waals surface area contributed by atoms with E-state index in [9.17, 15) is 19.5 Å². The number of carboxylic acid groups (broad SMARTS) is 1. The number of aliphatic carboxylic acids is 1. The van der Waals surface area contributed by atoms with Gasteiger partial charge in [-0.3, -0.25) is 9.59 Å². The smallest absolute Gasteiger partial charge is 0.382 e. The Bertz CT molecular complexity index is 296. The summed E-state index contributed by atoms with van der Waals surface area (Å²) in [5.41, 5.74) is -1.02. The second-order valence-corrected chi connectivity index (χ2v) is 3.61. The van der Waals surface area contributed by atoms with Crippen LogP contribution in [0, 0.1) is 0 Å². The lowest BCUT2D eigenvalue weighted by Gasteiger charge is -2.17. The van der Waals surface area contributed by atoms with Gasteiger partial charge in [0.25, 0.3) is 0 Å². The van der Waals surface area contributed by atoms with Crippen LogP contribution in [0.25, 0.3) is 0 Å². The van der Waals surface area contributed by atoms with E-state index in [-0.39, 0.29) is 13.1 Å². The van der Waals surface area contributed by atoms with Crippen molar-refractivity contribution >= 4 is 17.7 Å². The van der Waals surface area contributed by atoms with Gasteiger partial charge in [0.15, 0.2) is 0 Å². The molecule has 6 heteroatoms. The third-order valence-corrected chi connectivity index (χ3v) is 2.13. The summed E-state index contributed by atoms with van der Waals surface area (Å²) in [6, 6.07) is 0. The molecule has 2 N–H and O–H groups in total. The third-order valence-electron chi connectivity index (χ3n) is 2.13. The SMILES string of the molecule is CC1(O)CCN(C(=O)C(=O)C(=O)O)C1. The fourth-order valence-electron chi connectivity index (χ4n) is 1.35. The molecule has 0 saturated carbocycles. The van der Waals surface area contributed by atoms with Crippen LogP contribution in [-0.4, -0.2) is 51.5 Å². The zero-order chi connectivity index (χ0) is 10.9. The number of hydrogen-bond donors (Lipinski definition) is 2. The van der Waals surface area contributed by atoms with Crippen LogP contribution in [-0.2, 0) is 14.4 Å². The topological polar surface area (TPSA) is 94.9 Å². The van der Waals surface area contributed by atoms with Crippen LogP contribution in [0.4, 0.5) is 0 Å². The number of carboxylic acids is 1. The largest absolute Gasteiger partial charge is 0.475 e. The van der Waals surface area contributed by atoms with E-state index in [2.05, 4.69) is 0 Å². The first kappa shape index (κ1) is 10.6. The number of β-amino-alcohol motifs (C(OH)–C–C–N with tert-alkyl or cyclic N) is 1. The predicted molar refractivity (Wildman–Crippen MR) is 44.5 cm³/mol. The van der Waals surface area contributed by atoms with E-state index in [1.165, 1.54) is 6.92 Å². The van der Waals surface area contributed by atoms with Crippen molar-refractivity contribution in [3.63, 3.8) is 0 Å². The second-order valence-electron chi connectivity index (χ2n) is 3.61. The number of rotatable bonds is 2. The number of aliphatic hydroxyl groups is 1. The molecule has 1 atom stereocenters. The fourth-order valence-corrected chi connectivity index (χ4v) is 1.35. The van der Waals surface area contributed by atoms with Crippen LogP contribution in [0.5, 0.6) is 0 Å². The first-order valence-corrected chi connectivity index (χ1v) is 4.12. The predicted octanol–water partition coefficient (Wildman–Crippen LogP) is -1.38. The Morgan fingerprint density at radius 2 is 1.93 bits per heavy atom. The number of nitrogens with zero attached hydrogens (tertiary/aromatic N) is 1. The van der Waals surface area contributed by atoms with Crippen LogP contribution in [0.1, 0.15) is 13.3 Å². The maximum absolute atomic E-state index is 11.2. The minimum atomic E-state index is -1.76. The van der Waals surface area contributed by atoms with E-state index in [4.69, 9.17) is 5.11 Å². The average Bonchev–Trinajstić information content (AvgIpc) is 2.43. The van der Waals surface area contributed by atoms with Crippen molar-refractivity contribution in [3.8, 4) is 0 Å². The Morgan fingerprint density at radius 3 is 2.29 bits per heavy atom. The van der Waals surface area contributed by atoms with E-state index in [0.717, 1.165) is 4.90 Å². The molecule has 1 fully saturated rings. The van der Waals surface area contributed by atoms with Crippen LogP contribution in [0.15, 0.2) is 0 Å². The molecule has 1 heterocycles. The van der Waals surface area contributed by atoms with Gasteiger partial charge in [-0.1, -0.05) is 0 Å². The summed E-state index contributed by atoms with van der Waals surface area (Å²) >= 11 is 0. The Hall–Kier alpha value is -1.43. The molecule has 0 aromatic carbocycles. The van der Waals surface area contributed by atoms with Crippen LogP contribution in [0.2, 0.25) is 0 Å². The fraction of sp³-hybridized carbons (Fsp3) is 0.625. The lowest BCUT2D eigenvalue weighted by Crippen LogP contribution is -2.40. The highest BCUT2D eigenvalue weighted by molar-refractivity contribution is 6.61. The van der Waals surface area contributed by atoms with Crippen molar-refractivity contribution in [2.45, 2.75) is 18.9 Å². The summed E-state index contributed by atoms with van der Waals surface area (Å²) in [7, 11) is 0.